The summed E-state index contributed by atoms with van der Waals surface area (Å²) in [5.41, 5.74) is 12.2. The van der Waals surface area contributed by atoms with Crippen LogP contribution in [-0.4, -0.2) is 15.7 Å². The van der Waals surface area contributed by atoms with Crippen LogP contribution in [0, 0.1) is 11.5 Å². The lowest BCUT2D eigenvalue weighted by Gasteiger charge is -2.30. The van der Waals surface area contributed by atoms with E-state index < -0.39 is 5.91 Å². The van der Waals surface area contributed by atoms with Gasteiger partial charge in [-0.05, 0) is 67.7 Å². The van der Waals surface area contributed by atoms with E-state index in [1.807, 2.05) is 12.1 Å². The molecule has 1 saturated carbocycles. The van der Waals surface area contributed by atoms with E-state index in [1.165, 1.54) is 48.7 Å². The van der Waals surface area contributed by atoms with Crippen molar-refractivity contribution in [2.75, 3.05) is 5.32 Å². The van der Waals surface area contributed by atoms with Gasteiger partial charge in [-0.1, -0.05) is 40.0 Å². The molecule has 1 amide bonds. The number of hydrogen-bond acceptors (Lipinski definition) is 3. The van der Waals surface area contributed by atoms with Crippen molar-refractivity contribution in [1.29, 1.82) is 0 Å². The van der Waals surface area contributed by atoms with E-state index in [1.54, 1.807) is 0 Å². The Hall–Kier alpha value is -2.30. The molecule has 155 valence electrons. The molecule has 0 unspecified atom stereocenters. The van der Waals surface area contributed by atoms with Crippen LogP contribution in [0.5, 0.6) is 0 Å². The van der Waals surface area contributed by atoms with Crippen molar-refractivity contribution in [1.82, 2.24) is 9.78 Å². The van der Waals surface area contributed by atoms with Gasteiger partial charge in [0.2, 0.25) is 0 Å². The van der Waals surface area contributed by atoms with Crippen LogP contribution in [0.4, 0.5) is 5.69 Å². The fourth-order valence-electron chi connectivity index (χ4n) is 4.78. The average molecular weight is 394 g/mol. The van der Waals surface area contributed by atoms with Crippen molar-refractivity contribution in [3.05, 3.63) is 46.8 Å². The fraction of sp³-hybridized carbons (Fsp3) is 0.542. The molecule has 0 aliphatic heterocycles. The summed E-state index contributed by atoms with van der Waals surface area (Å²) < 4.78 is 2.11. The van der Waals surface area contributed by atoms with Crippen LogP contribution in [0.25, 0.3) is 5.69 Å². The summed E-state index contributed by atoms with van der Waals surface area (Å²) in [5.74, 6) is -0.395. The highest BCUT2D eigenvalue weighted by Gasteiger charge is 2.31. The Morgan fingerprint density at radius 2 is 1.97 bits per heavy atom. The number of rotatable bonds is 5. The molecule has 5 heteroatoms. The monoisotopic (exact) mass is 393 g/mol. The number of carbonyl (C=O) groups excluding carboxylic acids is 1. The molecule has 0 saturated heterocycles. The lowest BCUT2D eigenvalue weighted by molar-refractivity contribution is 0.100. The quantitative estimate of drug-likeness (QED) is 0.754. The van der Waals surface area contributed by atoms with E-state index in [2.05, 4.69) is 36.8 Å². The number of amides is 1. The zero-order chi connectivity index (χ0) is 20.6. The van der Waals surface area contributed by atoms with Crippen molar-refractivity contribution in [3.63, 3.8) is 0 Å². The van der Waals surface area contributed by atoms with E-state index in [4.69, 9.17) is 10.8 Å². The highest BCUT2D eigenvalue weighted by molar-refractivity contribution is 5.99. The number of carbonyl (C=O) groups is 1. The Bertz CT molecular complexity index is 906. The number of anilines is 1. The van der Waals surface area contributed by atoms with Crippen molar-refractivity contribution < 1.29 is 4.79 Å². The molecule has 29 heavy (non-hydrogen) atoms. The van der Waals surface area contributed by atoms with E-state index in [0.717, 1.165) is 43.5 Å². The van der Waals surface area contributed by atoms with Crippen LogP contribution >= 0.6 is 0 Å². The van der Waals surface area contributed by atoms with Gasteiger partial charge in [0.1, 0.15) is 0 Å². The fourth-order valence-corrected chi connectivity index (χ4v) is 4.78. The molecule has 1 aromatic heterocycles. The van der Waals surface area contributed by atoms with Gasteiger partial charge in [-0.3, -0.25) is 4.79 Å². The van der Waals surface area contributed by atoms with E-state index >= 15 is 0 Å². The number of nitrogens with one attached hydrogen (secondary N) is 1. The zero-order valence-electron chi connectivity index (χ0n) is 18.0. The van der Waals surface area contributed by atoms with Crippen LogP contribution in [-0.2, 0) is 19.3 Å². The zero-order valence-corrected chi connectivity index (χ0v) is 18.0. The SMILES string of the molecule is CCc1nn(-c2ccc(C(N)=O)c(N[C]3CCCCC3)c2)c2c1CCC(C)(C)C2. The molecule has 4 rings (SSSR count). The third-order valence-corrected chi connectivity index (χ3v) is 6.49. The van der Waals surface area contributed by atoms with Crippen molar-refractivity contribution in [3.8, 4) is 5.69 Å². The molecule has 1 fully saturated rings. The molecular formula is C24H33N4O. The Labute approximate surface area is 174 Å². The maximum Gasteiger partial charge on any atom is 0.250 e. The summed E-state index contributed by atoms with van der Waals surface area (Å²) in [4.78, 5) is 12.0. The topological polar surface area (TPSA) is 72.9 Å². The molecule has 2 aliphatic rings. The molecule has 1 aromatic carbocycles. The number of hydrogen-bond donors (Lipinski definition) is 2. The standard InChI is InChI=1S/C24H33N4O/c1-4-20-18-12-13-24(2,3)15-22(18)28(27-20)17-10-11-19(23(25)29)21(14-17)26-16-8-6-5-7-9-16/h10-11,14,26H,4-9,12-13,15H2,1-3H3,(H2,25,29). The van der Waals surface area contributed by atoms with Gasteiger partial charge in [0, 0.05) is 11.4 Å². The van der Waals surface area contributed by atoms with Gasteiger partial charge in [0.25, 0.3) is 5.91 Å². The lowest BCUT2D eigenvalue weighted by Crippen LogP contribution is -2.24. The third kappa shape index (κ3) is 4.05. The number of aromatic nitrogens is 2. The van der Waals surface area contributed by atoms with Crippen LogP contribution in [0.3, 0.4) is 0 Å². The first-order valence-corrected chi connectivity index (χ1v) is 11.0. The van der Waals surface area contributed by atoms with Gasteiger partial charge in [-0.15, -0.1) is 0 Å². The summed E-state index contributed by atoms with van der Waals surface area (Å²) in [5, 5.41) is 8.51. The minimum atomic E-state index is -0.395. The Kier molecular flexibility index (Phi) is 5.41. The summed E-state index contributed by atoms with van der Waals surface area (Å²) in [7, 11) is 0. The Morgan fingerprint density at radius 1 is 1.21 bits per heavy atom. The summed E-state index contributed by atoms with van der Waals surface area (Å²) in [6.07, 6.45) is 10.1. The van der Waals surface area contributed by atoms with Gasteiger partial charge in [0.05, 0.1) is 23.0 Å². The largest absolute Gasteiger partial charge is 0.377 e. The minimum absolute atomic E-state index is 0.280. The highest BCUT2D eigenvalue weighted by Crippen LogP contribution is 2.38. The lowest BCUT2D eigenvalue weighted by atomic mass is 9.76. The molecular weight excluding hydrogens is 360 g/mol. The summed E-state index contributed by atoms with van der Waals surface area (Å²) in [6.45, 7) is 6.85. The van der Waals surface area contributed by atoms with Gasteiger partial charge in [-0.25, -0.2) is 4.68 Å². The second-order valence-electron chi connectivity index (χ2n) is 9.36. The molecule has 1 heterocycles. The number of benzene rings is 1. The maximum atomic E-state index is 12.0. The molecule has 2 aliphatic carbocycles. The van der Waals surface area contributed by atoms with E-state index in [9.17, 15) is 4.79 Å². The first kappa shape index (κ1) is 20.0. The molecule has 0 bridgehead atoms. The molecule has 2 aromatic rings. The van der Waals surface area contributed by atoms with Crippen LogP contribution in [0.2, 0.25) is 0 Å². The number of nitrogens with two attached hydrogens (primary N) is 1. The normalized spacial score (nSPS) is 19.0. The number of primary amides is 1. The number of fused-ring (bicyclic) bond motifs is 1. The second kappa shape index (κ2) is 7.85. The van der Waals surface area contributed by atoms with Crippen LogP contribution < -0.4 is 11.1 Å². The predicted octanol–water partition coefficient (Wildman–Crippen LogP) is 4.96. The van der Waals surface area contributed by atoms with Crippen molar-refractivity contribution in [2.24, 2.45) is 11.1 Å². The second-order valence-corrected chi connectivity index (χ2v) is 9.36. The first-order chi connectivity index (χ1) is 13.9. The van der Waals surface area contributed by atoms with E-state index in [0.29, 0.717) is 5.56 Å². The van der Waals surface area contributed by atoms with Crippen LogP contribution in [0.15, 0.2) is 18.2 Å². The molecule has 3 N–H and O–H groups in total. The summed E-state index contributed by atoms with van der Waals surface area (Å²) >= 11 is 0. The van der Waals surface area contributed by atoms with E-state index in [-0.39, 0.29) is 5.41 Å². The molecule has 0 spiro atoms. The molecule has 1 radical (unpaired) electrons. The minimum Gasteiger partial charge on any atom is -0.377 e. The third-order valence-electron chi connectivity index (χ3n) is 6.49. The first-order valence-electron chi connectivity index (χ1n) is 11.0. The van der Waals surface area contributed by atoms with Crippen LogP contribution in [0.1, 0.15) is 86.6 Å². The molecule has 0 atom stereocenters. The maximum absolute atomic E-state index is 12.0. The van der Waals surface area contributed by atoms with Crippen molar-refractivity contribution in [2.45, 2.75) is 78.6 Å². The van der Waals surface area contributed by atoms with Gasteiger partial charge >= 0.3 is 0 Å². The van der Waals surface area contributed by atoms with Crippen molar-refractivity contribution >= 4 is 11.6 Å². The number of aryl methyl sites for hydroxylation is 1. The van der Waals surface area contributed by atoms with Gasteiger partial charge in [-0.2, -0.15) is 5.10 Å². The Balaban J connectivity index is 1.75. The average Bonchev–Trinajstić information content (AvgIpc) is 3.05. The predicted molar refractivity (Wildman–Crippen MR) is 117 cm³/mol. The van der Waals surface area contributed by atoms with Gasteiger partial charge < -0.3 is 11.1 Å². The molecule has 5 nitrogen and oxygen atoms in total. The summed E-state index contributed by atoms with van der Waals surface area (Å²) in [6, 6.07) is 7.17. The Morgan fingerprint density at radius 3 is 2.66 bits per heavy atom. The van der Waals surface area contributed by atoms with Gasteiger partial charge in [0.15, 0.2) is 0 Å². The smallest absolute Gasteiger partial charge is 0.250 e. The highest BCUT2D eigenvalue weighted by atomic mass is 16.1. The number of nitrogens with zero attached hydrogens (tertiary/aromatic N) is 2.